The molecule has 0 saturated carbocycles. The van der Waals surface area contributed by atoms with Crippen molar-refractivity contribution in [1.29, 1.82) is 0 Å². The first kappa shape index (κ1) is 12.5. The van der Waals surface area contributed by atoms with E-state index in [1.54, 1.807) is 16.4 Å². The van der Waals surface area contributed by atoms with E-state index in [1.807, 2.05) is 26.0 Å². The highest BCUT2D eigenvalue weighted by atomic mass is 32.2. The molecule has 1 aliphatic rings. The lowest BCUT2D eigenvalue weighted by Crippen LogP contribution is -2.52. The summed E-state index contributed by atoms with van der Waals surface area (Å²) in [6.07, 6.45) is 0. The maximum absolute atomic E-state index is 12.5. The number of rotatable bonds is 2. The van der Waals surface area contributed by atoms with Gasteiger partial charge in [0.2, 0.25) is 10.0 Å². The number of hydrogen-bond acceptors (Lipinski definition) is 3. The maximum atomic E-state index is 12.5. The molecule has 0 radical (unpaired) electrons. The van der Waals surface area contributed by atoms with Crippen LogP contribution in [0.5, 0.6) is 0 Å². The van der Waals surface area contributed by atoms with Crippen LogP contribution in [-0.4, -0.2) is 38.4 Å². The predicted molar refractivity (Wildman–Crippen MR) is 67.4 cm³/mol. The second-order valence-corrected chi connectivity index (χ2v) is 6.29. The fourth-order valence-electron chi connectivity index (χ4n) is 2.15. The normalized spacial score (nSPS) is 22.6. The number of nitrogens with one attached hydrogen (secondary N) is 1. The summed E-state index contributed by atoms with van der Waals surface area (Å²) in [6.45, 7) is 5.74. The van der Waals surface area contributed by atoms with E-state index in [1.165, 1.54) is 0 Å². The van der Waals surface area contributed by atoms with Crippen LogP contribution in [-0.2, 0) is 10.0 Å². The topological polar surface area (TPSA) is 49.4 Å². The van der Waals surface area contributed by atoms with Gasteiger partial charge in [0.15, 0.2) is 0 Å². The van der Waals surface area contributed by atoms with Gasteiger partial charge in [-0.2, -0.15) is 4.31 Å². The summed E-state index contributed by atoms with van der Waals surface area (Å²) < 4.78 is 26.6. The van der Waals surface area contributed by atoms with E-state index in [2.05, 4.69) is 5.32 Å². The van der Waals surface area contributed by atoms with Crippen molar-refractivity contribution in [3.8, 4) is 0 Å². The molecule has 0 amide bonds. The zero-order valence-corrected chi connectivity index (χ0v) is 11.0. The summed E-state index contributed by atoms with van der Waals surface area (Å²) >= 11 is 0. The molecule has 0 unspecified atom stereocenters. The van der Waals surface area contributed by atoms with Crippen molar-refractivity contribution in [2.24, 2.45) is 0 Å². The van der Waals surface area contributed by atoms with E-state index in [4.69, 9.17) is 0 Å². The summed E-state index contributed by atoms with van der Waals surface area (Å²) in [6, 6.07) is 7.15. The van der Waals surface area contributed by atoms with E-state index in [0.29, 0.717) is 18.0 Å². The molecule has 17 heavy (non-hydrogen) atoms. The van der Waals surface area contributed by atoms with Crippen molar-refractivity contribution in [3.63, 3.8) is 0 Å². The molecule has 1 aliphatic heterocycles. The van der Waals surface area contributed by atoms with Gasteiger partial charge in [0, 0.05) is 25.7 Å². The van der Waals surface area contributed by atoms with Crippen LogP contribution in [0, 0.1) is 6.92 Å². The number of piperazine rings is 1. The van der Waals surface area contributed by atoms with Crippen molar-refractivity contribution in [1.82, 2.24) is 9.62 Å². The highest BCUT2D eigenvalue weighted by Gasteiger charge is 2.31. The zero-order chi connectivity index (χ0) is 12.5. The van der Waals surface area contributed by atoms with Gasteiger partial charge in [-0.15, -0.1) is 0 Å². The Morgan fingerprint density at radius 1 is 1.35 bits per heavy atom. The molecule has 94 valence electrons. The van der Waals surface area contributed by atoms with Crippen molar-refractivity contribution < 1.29 is 8.42 Å². The van der Waals surface area contributed by atoms with Crippen LogP contribution >= 0.6 is 0 Å². The Labute approximate surface area is 103 Å². The third-order valence-corrected chi connectivity index (χ3v) is 5.29. The summed E-state index contributed by atoms with van der Waals surface area (Å²) in [5.74, 6) is 0. The molecule has 2 rings (SSSR count). The number of hydrogen-bond donors (Lipinski definition) is 1. The van der Waals surface area contributed by atoms with Crippen LogP contribution in [0.25, 0.3) is 0 Å². The molecule has 1 atom stereocenters. The van der Waals surface area contributed by atoms with Crippen molar-refractivity contribution in [2.45, 2.75) is 24.8 Å². The van der Waals surface area contributed by atoms with Crippen molar-refractivity contribution in [2.75, 3.05) is 19.6 Å². The molecule has 0 spiro atoms. The van der Waals surface area contributed by atoms with Crippen LogP contribution in [0.4, 0.5) is 0 Å². The van der Waals surface area contributed by atoms with Crippen LogP contribution in [0.2, 0.25) is 0 Å². The second kappa shape index (κ2) is 4.76. The molecule has 0 aromatic heterocycles. The molecule has 0 aliphatic carbocycles. The molecule has 1 fully saturated rings. The first-order valence-electron chi connectivity index (χ1n) is 5.81. The van der Waals surface area contributed by atoms with Gasteiger partial charge >= 0.3 is 0 Å². The van der Waals surface area contributed by atoms with Gasteiger partial charge < -0.3 is 5.32 Å². The molecule has 4 nitrogen and oxygen atoms in total. The Balaban J connectivity index is 2.39. The Morgan fingerprint density at radius 2 is 2.06 bits per heavy atom. The maximum Gasteiger partial charge on any atom is 0.243 e. The van der Waals surface area contributed by atoms with Gasteiger partial charge in [0.1, 0.15) is 0 Å². The lowest BCUT2D eigenvalue weighted by Gasteiger charge is -2.33. The zero-order valence-electron chi connectivity index (χ0n) is 10.2. The minimum absolute atomic E-state index is 0.00774. The van der Waals surface area contributed by atoms with Gasteiger partial charge in [-0.3, -0.25) is 0 Å². The monoisotopic (exact) mass is 254 g/mol. The van der Waals surface area contributed by atoms with Gasteiger partial charge in [-0.05, 0) is 25.5 Å². The molecule has 1 aromatic carbocycles. The highest BCUT2D eigenvalue weighted by molar-refractivity contribution is 7.89. The van der Waals surface area contributed by atoms with Crippen LogP contribution < -0.4 is 5.32 Å². The molecule has 1 heterocycles. The Kier molecular flexibility index (Phi) is 3.51. The highest BCUT2D eigenvalue weighted by Crippen LogP contribution is 2.21. The van der Waals surface area contributed by atoms with Crippen LogP contribution in [0.15, 0.2) is 29.2 Å². The minimum Gasteiger partial charge on any atom is -0.314 e. The minimum atomic E-state index is -3.35. The predicted octanol–water partition coefficient (Wildman–Crippen LogP) is 0.977. The third-order valence-electron chi connectivity index (χ3n) is 3.12. The van der Waals surface area contributed by atoms with E-state index in [-0.39, 0.29) is 6.04 Å². The second-order valence-electron chi connectivity index (χ2n) is 4.43. The SMILES string of the molecule is Cc1ccccc1S(=O)(=O)N1CCNC[C@H]1C. The van der Waals surface area contributed by atoms with E-state index in [0.717, 1.165) is 12.1 Å². The van der Waals surface area contributed by atoms with E-state index >= 15 is 0 Å². The van der Waals surface area contributed by atoms with Crippen molar-refractivity contribution in [3.05, 3.63) is 29.8 Å². The van der Waals surface area contributed by atoms with E-state index in [9.17, 15) is 8.42 Å². The van der Waals surface area contributed by atoms with Gasteiger partial charge in [0.25, 0.3) is 0 Å². The number of sulfonamides is 1. The fourth-order valence-corrected chi connectivity index (χ4v) is 4.01. The van der Waals surface area contributed by atoms with Gasteiger partial charge in [-0.1, -0.05) is 18.2 Å². The third kappa shape index (κ3) is 2.36. The molecule has 5 heteroatoms. The van der Waals surface area contributed by atoms with Gasteiger partial charge in [0.05, 0.1) is 4.90 Å². The number of aryl methyl sites for hydroxylation is 1. The molecule has 1 aromatic rings. The van der Waals surface area contributed by atoms with Crippen LogP contribution in [0.3, 0.4) is 0 Å². The average Bonchev–Trinajstić information content (AvgIpc) is 2.29. The first-order valence-corrected chi connectivity index (χ1v) is 7.25. The largest absolute Gasteiger partial charge is 0.314 e. The van der Waals surface area contributed by atoms with Crippen molar-refractivity contribution >= 4 is 10.0 Å². The lowest BCUT2D eigenvalue weighted by molar-refractivity contribution is 0.283. The summed E-state index contributed by atoms with van der Waals surface area (Å²) in [5.41, 5.74) is 0.804. The number of nitrogens with zero attached hydrogens (tertiary/aromatic N) is 1. The van der Waals surface area contributed by atoms with E-state index < -0.39 is 10.0 Å². The molecular formula is C12H18N2O2S. The quantitative estimate of drug-likeness (QED) is 0.856. The van der Waals surface area contributed by atoms with Crippen LogP contribution in [0.1, 0.15) is 12.5 Å². The molecule has 1 N–H and O–H groups in total. The standard InChI is InChI=1S/C12H18N2O2S/c1-10-5-3-4-6-12(10)17(15,16)14-8-7-13-9-11(14)2/h3-6,11,13H,7-9H2,1-2H3/t11-/m1/s1. The fraction of sp³-hybridized carbons (Fsp3) is 0.500. The summed E-state index contributed by atoms with van der Waals surface area (Å²) in [7, 11) is -3.35. The molecule has 0 bridgehead atoms. The smallest absolute Gasteiger partial charge is 0.243 e. The Hall–Kier alpha value is -0.910. The molecule has 1 saturated heterocycles. The molecular weight excluding hydrogens is 236 g/mol. The summed E-state index contributed by atoms with van der Waals surface area (Å²) in [5, 5.41) is 3.20. The Morgan fingerprint density at radius 3 is 2.71 bits per heavy atom. The van der Waals surface area contributed by atoms with Gasteiger partial charge in [-0.25, -0.2) is 8.42 Å². The first-order chi connectivity index (χ1) is 8.03. The summed E-state index contributed by atoms with van der Waals surface area (Å²) in [4.78, 5) is 0.425. The Bertz CT molecular complexity index is 499. The average molecular weight is 254 g/mol. The number of benzene rings is 1. The lowest BCUT2D eigenvalue weighted by atomic mass is 10.2.